The fourth-order valence-electron chi connectivity index (χ4n) is 3.79. The lowest BCUT2D eigenvalue weighted by Crippen LogP contribution is -2.34. The number of amides is 2. The Bertz CT molecular complexity index is 1130. The number of rotatable bonds is 5. The summed E-state index contributed by atoms with van der Waals surface area (Å²) >= 11 is 0. The molecule has 2 heterocycles. The highest BCUT2D eigenvalue weighted by Crippen LogP contribution is 2.41. The smallest absolute Gasteiger partial charge is 0.327 e. The molecule has 31 heavy (non-hydrogen) atoms. The topological polar surface area (TPSA) is 80.8 Å². The number of anilines is 2. The summed E-state index contributed by atoms with van der Waals surface area (Å²) in [6.07, 6.45) is 1.68. The zero-order chi connectivity index (χ0) is 22.0. The maximum absolute atomic E-state index is 13.1. The van der Waals surface area contributed by atoms with Crippen molar-refractivity contribution in [1.82, 2.24) is 4.98 Å². The third-order valence-corrected chi connectivity index (χ3v) is 5.41. The molecular weight excluding hydrogens is 394 g/mol. The largest absolute Gasteiger partial charge is 0.493 e. The summed E-state index contributed by atoms with van der Waals surface area (Å²) in [6.45, 7) is 1.95. The Morgan fingerprint density at radius 2 is 1.77 bits per heavy atom. The molecule has 3 aromatic rings. The summed E-state index contributed by atoms with van der Waals surface area (Å²) in [4.78, 5) is 30.6. The molecule has 0 bridgehead atoms. The number of ether oxygens (including phenoxy) is 2. The van der Waals surface area contributed by atoms with Gasteiger partial charge in [-0.05, 0) is 55.0 Å². The maximum Gasteiger partial charge on any atom is 0.327 e. The zero-order valence-electron chi connectivity index (χ0n) is 17.6. The number of fused-ring (bicyclic) bond motifs is 1. The van der Waals surface area contributed by atoms with Crippen molar-refractivity contribution in [3.05, 3.63) is 77.5 Å². The summed E-state index contributed by atoms with van der Waals surface area (Å²) < 4.78 is 10.8. The van der Waals surface area contributed by atoms with Gasteiger partial charge in [-0.3, -0.25) is 9.69 Å². The first-order valence-corrected chi connectivity index (χ1v) is 9.88. The molecule has 0 radical (unpaired) electrons. The third kappa shape index (κ3) is 3.94. The number of carbonyl (C=O) groups excluding carboxylic acids is 2. The van der Waals surface area contributed by atoms with Gasteiger partial charge >= 0.3 is 6.03 Å². The Kier molecular flexibility index (Phi) is 5.58. The van der Waals surface area contributed by atoms with E-state index in [4.69, 9.17) is 9.47 Å². The van der Waals surface area contributed by atoms with E-state index in [1.165, 1.54) is 6.92 Å². The Morgan fingerprint density at radius 1 is 1.03 bits per heavy atom. The molecule has 0 fully saturated rings. The van der Waals surface area contributed by atoms with Crippen LogP contribution in [-0.4, -0.2) is 37.6 Å². The van der Waals surface area contributed by atoms with Crippen LogP contribution in [0.25, 0.3) is 0 Å². The van der Waals surface area contributed by atoms with Crippen LogP contribution in [0, 0.1) is 0 Å². The van der Waals surface area contributed by atoms with Crippen molar-refractivity contribution in [3.8, 4) is 11.5 Å². The molecular formula is C24H23N3O4. The molecule has 1 aliphatic rings. The number of nitrogens with zero attached hydrogens (tertiary/aromatic N) is 2. The minimum Gasteiger partial charge on any atom is -0.493 e. The van der Waals surface area contributed by atoms with E-state index in [-0.39, 0.29) is 17.7 Å². The molecule has 1 aliphatic heterocycles. The van der Waals surface area contributed by atoms with Crippen LogP contribution in [0.1, 0.15) is 34.3 Å². The second kappa shape index (κ2) is 8.47. The summed E-state index contributed by atoms with van der Waals surface area (Å²) in [6, 6.07) is 16.2. The van der Waals surface area contributed by atoms with Gasteiger partial charge in [-0.2, -0.15) is 0 Å². The summed E-state index contributed by atoms with van der Waals surface area (Å²) in [5.41, 5.74) is 3.19. The van der Waals surface area contributed by atoms with Crippen LogP contribution in [0.15, 0.2) is 60.8 Å². The van der Waals surface area contributed by atoms with Crippen molar-refractivity contribution in [1.29, 1.82) is 0 Å². The summed E-state index contributed by atoms with van der Waals surface area (Å²) in [5.74, 6) is 1.85. The van der Waals surface area contributed by atoms with Crippen LogP contribution in [0.5, 0.6) is 11.5 Å². The summed E-state index contributed by atoms with van der Waals surface area (Å²) in [7, 11) is 3.20. The van der Waals surface area contributed by atoms with Gasteiger partial charge in [-0.1, -0.05) is 12.1 Å². The number of Topliss-reactive ketones (excluding diaryl/α,β-unsaturated/α-hetero) is 1. The second-order valence-electron chi connectivity index (χ2n) is 7.26. The van der Waals surface area contributed by atoms with E-state index in [9.17, 15) is 9.59 Å². The predicted octanol–water partition coefficient (Wildman–Crippen LogP) is 4.49. The molecule has 1 aromatic heterocycles. The first kappa shape index (κ1) is 20.4. The molecule has 7 nitrogen and oxygen atoms in total. The van der Waals surface area contributed by atoms with E-state index < -0.39 is 0 Å². The van der Waals surface area contributed by atoms with Gasteiger partial charge < -0.3 is 14.8 Å². The number of pyridine rings is 1. The summed E-state index contributed by atoms with van der Waals surface area (Å²) in [5, 5.41) is 2.89. The molecule has 1 N–H and O–H groups in total. The van der Waals surface area contributed by atoms with Gasteiger partial charge in [0.1, 0.15) is 5.82 Å². The highest BCUT2D eigenvalue weighted by Gasteiger charge is 2.35. The van der Waals surface area contributed by atoms with Crippen LogP contribution < -0.4 is 19.7 Å². The maximum atomic E-state index is 13.1. The third-order valence-electron chi connectivity index (χ3n) is 5.41. The van der Waals surface area contributed by atoms with Crippen LogP contribution in [0.2, 0.25) is 0 Å². The number of carbonyl (C=O) groups is 2. The number of methoxy groups -OCH3 is 2. The SMILES string of the molecule is COc1ccc(C2CN(C(=O)Nc3ccc(C(C)=O)cc3)c3ncccc32)cc1OC. The van der Waals surface area contributed by atoms with Gasteiger partial charge in [0.2, 0.25) is 0 Å². The Labute approximate surface area is 180 Å². The average Bonchev–Trinajstić information content (AvgIpc) is 3.19. The van der Waals surface area contributed by atoms with Gasteiger partial charge in [0, 0.05) is 35.5 Å². The molecule has 2 amide bonds. The van der Waals surface area contributed by atoms with E-state index in [1.54, 1.807) is 49.6 Å². The fraction of sp³-hybridized carbons (Fsp3) is 0.208. The van der Waals surface area contributed by atoms with Crippen molar-refractivity contribution in [2.45, 2.75) is 12.8 Å². The number of benzene rings is 2. The van der Waals surface area contributed by atoms with Crippen molar-refractivity contribution < 1.29 is 19.1 Å². The first-order valence-electron chi connectivity index (χ1n) is 9.88. The minimum absolute atomic E-state index is 0.0201. The van der Waals surface area contributed by atoms with E-state index >= 15 is 0 Å². The quantitative estimate of drug-likeness (QED) is 0.619. The average molecular weight is 417 g/mol. The molecule has 1 unspecified atom stereocenters. The second-order valence-corrected chi connectivity index (χ2v) is 7.26. The number of hydrogen-bond acceptors (Lipinski definition) is 5. The number of nitrogens with one attached hydrogen (secondary N) is 1. The standard InChI is InChI=1S/C24H23N3O4/c1-15(28)16-6-9-18(10-7-16)26-24(29)27-14-20(19-5-4-12-25-23(19)27)17-8-11-21(30-2)22(13-17)31-3/h4-13,20H,14H2,1-3H3,(H,26,29). The number of hydrogen-bond donors (Lipinski definition) is 1. The van der Waals surface area contributed by atoms with Gasteiger partial charge in [-0.15, -0.1) is 0 Å². The lowest BCUT2D eigenvalue weighted by atomic mass is 9.94. The molecule has 0 saturated carbocycles. The molecule has 2 aromatic carbocycles. The Morgan fingerprint density at radius 3 is 2.45 bits per heavy atom. The van der Waals surface area contributed by atoms with Gasteiger partial charge in [0.15, 0.2) is 17.3 Å². The lowest BCUT2D eigenvalue weighted by molar-refractivity contribution is 0.101. The molecule has 0 spiro atoms. The van der Waals surface area contributed by atoms with E-state index in [1.807, 2.05) is 30.3 Å². The van der Waals surface area contributed by atoms with Crippen LogP contribution in [-0.2, 0) is 0 Å². The molecule has 4 rings (SSSR count). The van der Waals surface area contributed by atoms with Gasteiger partial charge in [-0.25, -0.2) is 9.78 Å². The number of aromatic nitrogens is 1. The molecule has 158 valence electrons. The monoisotopic (exact) mass is 417 g/mol. The number of ketones is 1. The van der Waals surface area contributed by atoms with E-state index in [0.29, 0.717) is 35.1 Å². The van der Waals surface area contributed by atoms with Crippen molar-refractivity contribution in [3.63, 3.8) is 0 Å². The molecule has 0 aliphatic carbocycles. The van der Waals surface area contributed by atoms with Crippen LogP contribution in [0.4, 0.5) is 16.3 Å². The molecule has 7 heteroatoms. The van der Waals surface area contributed by atoms with Crippen molar-refractivity contribution in [2.75, 3.05) is 31.0 Å². The van der Waals surface area contributed by atoms with Gasteiger partial charge in [0.05, 0.1) is 14.2 Å². The Hall–Kier alpha value is -3.87. The van der Waals surface area contributed by atoms with Gasteiger partial charge in [0.25, 0.3) is 0 Å². The number of urea groups is 1. The Balaban J connectivity index is 1.60. The van der Waals surface area contributed by atoms with Crippen LogP contribution in [0.3, 0.4) is 0 Å². The van der Waals surface area contributed by atoms with E-state index in [2.05, 4.69) is 10.3 Å². The highest BCUT2D eigenvalue weighted by molar-refractivity contribution is 6.03. The highest BCUT2D eigenvalue weighted by atomic mass is 16.5. The van der Waals surface area contributed by atoms with Crippen molar-refractivity contribution in [2.24, 2.45) is 0 Å². The molecule has 1 atom stereocenters. The van der Waals surface area contributed by atoms with Crippen molar-refractivity contribution >= 4 is 23.3 Å². The van der Waals surface area contributed by atoms with E-state index in [0.717, 1.165) is 11.1 Å². The zero-order valence-corrected chi connectivity index (χ0v) is 17.6. The first-order chi connectivity index (χ1) is 15.0. The van der Waals surface area contributed by atoms with Crippen LogP contribution >= 0.6 is 0 Å². The molecule has 0 saturated heterocycles. The lowest BCUT2D eigenvalue weighted by Gasteiger charge is -2.18. The predicted molar refractivity (Wildman–Crippen MR) is 118 cm³/mol. The normalized spacial score (nSPS) is 14.7. The minimum atomic E-state index is -0.279. The fourth-order valence-corrected chi connectivity index (χ4v) is 3.79.